The maximum atomic E-state index is 12.1. The smallest absolute Gasteiger partial charge is 0.344 e. The van der Waals surface area contributed by atoms with E-state index in [4.69, 9.17) is 9.47 Å². The Labute approximate surface area is 145 Å². The molecule has 0 radical (unpaired) electrons. The van der Waals surface area contributed by atoms with Crippen LogP contribution < -0.4 is 10.1 Å². The molecule has 1 heterocycles. The summed E-state index contributed by atoms with van der Waals surface area (Å²) in [5.74, 6) is -1.29. The second-order valence-electron chi connectivity index (χ2n) is 5.02. The maximum absolute atomic E-state index is 12.1. The number of aromatic nitrogens is 1. The number of nitrogens with zero attached hydrogens (tertiary/aromatic N) is 1. The number of hydrogen-bond acceptors (Lipinski definition) is 6. The minimum Gasteiger partial charge on any atom is -0.477 e. The molecule has 1 aromatic carbocycles. The zero-order valence-electron chi connectivity index (χ0n) is 13.9. The second kappa shape index (κ2) is 8.58. The number of amides is 1. The normalized spacial score (nSPS) is 10.0. The number of ether oxygens (including phenoxy) is 2. The van der Waals surface area contributed by atoms with Gasteiger partial charge in [0, 0.05) is 11.8 Å². The molecule has 0 aliphatic rings. The molecule has 0 saturated carbocycles. The van der Waals surface area contributed by atoms with Crippen LogP contribution in [-0.4, -0.2) is 35.9 Å². The minimum absolute atomic E-state index is 0.140. The summed E-state index contributed by atoms with van der Waals surface area (Å²) in [4.78, 5) is 39.6. The number of hydrogen-bond donors (Lipinski definition) is 1. The summed E-state index contributed by atoms with van der Waals surface area (Å²) < 4.78 is 10.2. The number of ketones is 1. The van der Waals surface area contributed by atoms with E-state index in [2.05, 4.69) is 10.3 Å². The highest BCUT2D eigenvalue weighted by Crippen LogP contribution is 2.17. The monoisotopic (exact) mass is 342 g/mol. The van der Waals surface area contributed by atoms with Gasteiger partial charge in [0.15, 0.2) is 12.4 Å². The van der Waals surface area contributed by atoms with E-state index in [0.29, 0.717) is 17.9 Å². The molecule has 0 bridgehead atoms. The third kappa shape index (κ3) is 4.87. The van der Waals surface area contributed by atoms with E-state index in [0.717, 1.165) is 0 Å². The maximum Gasteiger partial charge on any atom is 0.344 e. The van der Waals surface area contributed by atoms with Crippen LogP contribution in [0.5, 0.6) is 5.88 Å². The molecule has 0 spiro atoms. The van der Waals surface area contributed by atoms with Crippen LogP contribution >= 0.6 is 0 Å². The second-order valence-corrected chi connectivity index (χ2v) is 5.02. The summed E-state index contributed by atoms with van der Waals surface area (Å²) >= 11 is 0. The first-order valence-electron chi connectivity index (χ1n) is 7.67. The van der Waals surface area contributed by atoms with Gasteiger partial charge in [-0.25, -0.2) is 9.78 Å². The van der Waals surface area contributed by atoms with Crippen LogP contribution in [0.1, 0.15) is 34.6 Å². The molecule has 1 aromatic heterocycles. The van der Waals surface area contributed by atoms with Gasteiger partial charge in [-0.2, -0.15) is 0 Å². The lowest BCUT2D eigenvalue weighted by molar-refractivity contribution is -0.119. The molecular formula is C18H18N2O5. The van der Waals surface area contributed by atoms with Crippen molar-refractivity contribution in [2.24, 2.45) is 0 Å². The van der Waals surface area contributed by atoms with Gasteiger partial charge in [0.2, 0.25) is 5.88 Å². The van der Waals surface area contributed by atoms with Crippen LogP contribution in [0.15, 0.2) is 42.6 Å². The summed E-state index contributed by atoms with van der Waals surface area (Å²) in [6.45, 7) is 3.03. The van der Waals surface area contributed by atoms with E-state index in [1.165, 1.54) is 19.2 Å². The van der Waals surface area contributed by atoms with Crippen molar-refractivity contribution in [2.45, 2.75) is 13.8 Å². The Hall–Kier alpha value is -3.22. The number of nitrogens with one attached hydrogen (secondary N) is 1. The third-order valence-electron chi connectivity index (χ3n) is 3.19. The summed E-state index contributed by atoms with van der Waals surface area (Å²) in [7, 11) is 0. The molecule has 0 fully saturated rings. The van der Waals surface area contributed by atoms with Crippen molar-refractivity contribution in [2.75, 3.05) is 18.5 Å². The minimum atomic E-state index is -0.716. The summed E-state index contributed by atoms with van der Waals surface area (Å²) in [6, 6.07) is 9.67. The lowest BCUT2D eigenvalue weighted by atomic mass is 10.1. The van der Waals surface area contributed by atoms with Crippen LogP contribution in [0.4, 0.5) is 5.69 Å². The van der Waals surface area contributed by atoms with Crippen LogP contribution in [0, 0.1) is 0 Å². The summed E-state index contributed by atoms with van der Waals surface area (Å²) in [6.07, 6.45) is 1.49. The molecule has 0 unspecified atom stereocenters. The topological polar surface area (TPSA) is 94.6 Å². The summed E-state index contributed by atoms with van der Waals surface area (Å²) in [5.41, 5.74) is 0.891. The molecule has 0 saturated heterocycles. The van der Waals surface area contributed by atoms with Gasteiger partial charge in [-0.3, -0.25) is 9.59 Å². The van der Waals surface area contributed by atoms with Gasteiger partial charge >= 0.3 is 5.97 Å². The van der Waals surface area contributed by atoms with Crippen LogP contribution in [-0.2, 0) is 9.53 Å². The van der Waals surface area contributed by atoms with Crippen molar-refractivity contribution in [3.8, 4) is 5.88 Å². The van der Waals surface area contributed by atoms with E-state index in [9.17, 15) is 14.4 Å². The van der Waals surface area contributed by atoms with Crippen molar-refractivity contribution >= 4 is 23.3 Å². The zero-order chi connectivity index (χ0) is 18.2. The largest absolute Gasteiger partial charge is 0.477 e. The van der Waals surface area contributed by atoms with Gasteiger partial charge in [0.1, 0.15) is 5.56 Å². The predicted molar refractivity (Wildman–Crippen MR) is 90.8 cm³/mol. The zero-order valence-corrected chi connectivity index (χ0v) is 13.9. The van der Waals surface area contributed by atoms with Crippen LogP contribution in [0.2, 0.25) is 0 Å². The fourth-order valence-electron chi connectivity index (χ4n) is 2.09. The quantitative estimate of drug-likeness (QED) is 0.613. The van der Waals surface area contributed by atoms with Gasteiger partial charge < -0.3 is 14.8 Å². The van der Waals surface area contributed by atoms with Crippen LogP contribution in [0.3, 0.4) is 0 Å². The molecule has 2 rings (SSSR count). The number of esters is 1. The molecule has 2 aromatic rings. The van der Waals surface area contributed by atoms with Gasteiger partial charge in [-0.1, -0.05) is 12.1 Å². The molecule has 1 N–H and O–H groups in total. The Kier molecular flexibility index (Phi) is 6.22. The third-order valence-corrected chi connectivity index (χ3v) is 3.19. The van der Waals surface area contributed by atoms with E-state index in [1.807, 2.05) is 0 Å². The number of para-hydroxylation sites is 1. The highest BCUT2D eigenvalue weighted by molar-refractivity contribution is 6.04. The van der Waals surface area contributed by atoms with E-state index >= 15 is 0 Å². The van der Waals surface area contributed by atoms with Gasteiger partial charge in [0.25, 0.3) is 5.91 Å². The Bertz CT molecular complexity index is 789. The number of anilines is 1. The van der Waals surface area contributed by atoms with Gasteiger partial charge in [0.05, 0.1) is 12.3 Å². The molecule has 7 heteroatoms. The molecule has 130 valence electrons. The lowest BCUT2D eigenvalue weighted by Crippen LogP contribution is -2.22. The highest BCUT2D eigenvalue weighted by Gasteiger charge is 2.17. The molecule has 7 nitrogen and oxygen atoms in total. The predicted octanol–water partition coefficient (Wildman–Crippen LogP) is 2.48. The number of benzene rings is 1. The highest BCUT2D eigenvalue weighted by atomic mass is 16.5. The number of carbonyl (C=O) groups is 3. The Balaban J connectivity index is 1.99. The van der Waals surface area contributed by atoms with Crippen molar-refractivity contribution < 1.29 is 23.9 Å². The first-order chi connectivity index (χ1) is 12.0. The average Bonchev–Trinajstić information content (AvgIpc) is 2.61. The van der Waals surface area contributed by atoms with Crippen molar-refractivity contribution in [3.05, 3.63) is 53.7 Å². The van der Waals surface area contributed by atoms with E-state index < -0.39 is 18.5 Å². The number of rotatable bonds is 7. The van der Waals surface area contributed by atoms with Crippen molar-refractivity contribution in [3.63, 3.8) is 0 Å². The number of carbonyl (C=O) groups excluding carboxylic acids is 3. The van der Waals surface area contributed by atoms with Gasteiger partial charge in [-0.15, -0.1) is 0 Å². The standard InChI is InChI=1S/C18H18N2O5/c1-3-24-17-14(8-6-10-19-17)18(23)25-11-16(22)20-15-9-5-4-7-13(15)12(2)21/h4-10H,3,11H2,1-2H3,(H,20,22). The molecule has 0 atom stereocenters. The molecule has 0 aliphatic carbocycles. The fourth-order valence-corrected chi connectivity index (χ4v) is 2.09. The fraction of sp³-hybridized carbons (Fsp3) is 0.222. The Morgan fingerprint density at radius 1 is 1.08 bits per heavy atom. The first kappa shape index (κ1) is 18.1. The first-order valence-corrected chi connectivity index (χ1v) is 7.67. The van der Waals surface area contributed by atoms with Gasteiger partial charge in [-0.05, 0) is 38.1 Å². The van der Waals surface area contributed by atoms with E-state index in [-0.39, 0.29) is 17.2 Å². The average molecular weight is 342 g/mol. The molecule has 0 aliphatic heterocycles. The van der Waals surface area contributed by atoms with Crippen molar-refractivity contribution in [1.82, 2.24) is 4.98 Å². The Morgan fingerprint density at radius 3 is 2.52 bits per heavy atom. The molecule has 25 heavy (non-hydrogen) atoms. The molecular weight excluding hydrogens is 324 g/mol. The number of Topliss-reactive ketones (excluding diaryl/α,β-unsaturated/α-hetero) is 1. The van der Waals surface area contributed by atoms with Crippen LogP contribution in [0.25, 0.3) is 0 Å². The van der Waals surface area contributed by atoms with E-state index in [1.54, 1.807) is 37.3 Å². The molecule has 1 amide bonds. The SMILES string of the molecule is CCOc1ncccc1C(=O)OCC(=O)Nc1ccccc1C(C)=O. The lowest BCUT2D eigenvalue weighted by Gasteiger charge is -2.10. The van der Waals surface area contributed by atoms with Crippen molar-refractivity contribution in [1.29, 1.82) is 0 Å². The Morgan fingerprint density at radius 2 is 1.80 bits per heavy atom. The summed E-state index contributed by atoms with van der Waals surface area (Å²) in [5, 5.41) is 2.55. The number of pyridine rings is 1.